The summed E-state index contributed by atoms with van der Waals surface area (Å²) in [4.78, 5) is 54.4. The van der Waals surface area contributed by atoms with Crippen LogP contribution in [0.15, 0.2) is 0 Å². The van der Waals surface area contributed by atoms with E-state index in [4.69, 9.17) is 0 Å². The summed E-state index contributed by atoms with van der Waals surface area (Å²) in [5, 5.41) is 5.86. The minimum absolute atomic E-state index is 0.0507. The molecule has 4 fully saturated rings. The van der Waals surface area contributed by atoms with E-state index in [1.807, 2.05) is 4.90 Å². The lowest BCUT2D eigenvalue weighted by molar-refractivity contribution is -0.135. The Morgan fingerprint density at radius 3 is 2.41 bits per heavy atom. The largest absolute Gasteiger partial charge is 0.352 e. The molecule has 2 saturated carbocycles. The molecule has 0 aromatic carbocycles. The zero-order chi connectivity index (χ0) is 20.4. The molecule has 2 heterocycles. The van der Waals surface area contributed by atoms with Crippen LogP contribution in [0.1, 0.15) is 51.4 Å². The summed E-state index contributed by atoms with van der Waals surface area (Å²) in [6.07, 6.45) is 6.34. The molecule has 0 aromatic rings. The first-order chi connectivity index (χ1) is 14.0. The van der Waals surface area contributed by atoms with Crippen molar-refractivity contribution in [3.8, 4) is 0 Å². The van der Waals surface area contributed by atoms with Gasteiger partial charge in [0.05, 0.1) is 6.54 Å². The summed E-state index contributed by atoms with van der Waals surface area (Å²) in [5.74, 6) is 0.00104. The van der Waals surface area contributed by atoms with E-state index in [1.165, 1.54) is 4.90 Å². The van der Waals surface area contributed by atoms with Crippen molar-refractivity contribution in [2.45, 2.75) is 62.9 Å². The van der Waals surface area contributed by atoms with E-state index in [0.29, 0.717) is 58.2 Å². The first-order valence-electron chi connectivity index (χ1n) is 10.9. The highest BCUT2D eigenvalue weighted by Gasteiger charge is 2.52. The Balaban J connectivity index is 1.15. The Bertz CT molecular complexity index is 678. The van der Waals surface area contributed by atoms with Crippen molar-refractivity contribution in [1.29, 1.82) is 0 Å². The molecule has 29 heavy (non-hydrogen) atoms. The van der Waals surface area contributed by atoms with Gasteiger partial charge in [-0.1, -0.05) is 12.8 Å². The predicted molar refractivity (Wildman–Crippen MR) is 105 cm³/mol. The van der Waals surface area contributed by atoms with Crippen LogP contribution in [0.5, 0.6) is 0 Å². The summed E-state index contributed by atoms with van der Waals surface area (Å²) in [6.45, 7) is 3.30. The molecule has 1 spiro atoms. The third-order valence-corrected chi connectivity index (χ3v) is 6.51. The molecule has 2 saturated heterocycles. The number of hydrogen-bond donors (Lipinski definition) is 2. The number of nitrogens with zero attached hydrogens (tertiary/aromatic N) is 3. The standard InChI is InChI=1S/C20H31N5O4/c26-16(21-15-5-6-15)14-23-10-12-24(13-11-23)17(27)4-3-9-25-18(28)20(22-19(25)29)7-1-2-8-20/h15H,1-14H2,(H,21,26)(H,22,29). The fraction of sp³-hybridized carbons (Fsp3) is 0.800. The molecule has 9 heteroatoms. The third kappa shape index (κ3) is 4.55. The Morgan fingerprint density at radius 1 is 1.07 bits per heavy atom. The summed E-state index contributed by atoms with van der Waals surface area (Å²) in [6, 6.07) is 0.0564. The summed E-state index contributed by atoms with van der Waals surface area (Å²) in [5.41, 5.74) is -0.677. The third-order valence-electron chi connectivity index (χ3n) is 6.51. The van der Waals surface area contributed by atoms with Crippen molar-refractivity contribution in [2.75, 3.05) is 39.3 Å². The summed E-state index contributed by atoms with van der Waals surface area (Å²) in [7, 11) is 0. The number of carbonyl (C=O) groups excluding carboxylic acids is 4. The summed E-state index contributed by atoms with van der Waals surface area (Å²) < 4.78 is 0. The molecular weight excluding hydrogens is 374 g/mol. The number of piperazine rings is 1. The van der Waals surface area contributed by atoms with Crippen molar-refractivity contribution in [2.24, 2.45) is 0 Å². The number of hydrogen-bond acceptors (Lipinski definition) is 5. The molecule has 0 unspecified atom stereocenters. The molecule has 5 amide bonds. The maximum Gasteiger partial charge on any atom is 0.325 e. The smallest absolute Gasteiger partial charge is 0.325 e. The van der Waals surface area contributed by atoms with Crippen LogP contribution in [0, 0.1) is 0 Å². The second-order valence-electron chi connectivity index (χ2n) is 8.78. The maximum atomic E-state index is 12.6. The molecule has 0 bridgehead atoms. The highest BCUT2D eigenvalue weighted by Crippen LogP contribution is 2.35. The molecule has 0 radical (unpaired) electrons. The number of nitrogens with one attached hydrogen (secondary N) is 2. The molecule has 2 N–H and O–H groups in total. The number of rotatable bonds is 7. The zero-order valence-corrected chi connectivity index (χ0v) is 17.0. The van der Waals surface area contributed by atoms with E-state index >= 15 is 0 Å². The van der Waals surface area contributed by atoms with Gasteiger partial charge in [0.1, 0.15) is 5.54 Å². The van der Waals surface area contributed by atoms with E-state index in [-0.39, 0.29) is 23.8 Å². The number of carbonyl (C=O) groups is 4. The average molecular weight is 405 g/mol. The van der Waals surface area contributed by atoms with Crippen molar-refractivity contribution in [1.82, 2.24) is 25.3 Å². The number of imide groups is 1. The molecule has 0 aromatic heterocycles. The van der Waals surface area contributed by atoms with Gasteiger partial charge in [0.25, 0.3) is 5.91 Å². The lowest BCUT2D eigenvalue weighted by Crippen LogP contribution is -2.51. The first-order valence-corrected chi connectivity index (χ1v) is 10.9. The van der Waals surface area contributed by atoms with Crippen LogP contribution in [-0.2, 0) is 14.4 Å². The Morgan fingerprint density at radius 2 is 1.76 bits per heavy atom. The van der Waals surface area contributed by atoms with Crippen molar-refractivity contribution < 1.29 is 19.2 Å². The van der Waals surface area contributed by atoms with E-state index in [2.05, 4.69) is 15.5 Å². The SMILES string of the molecule is O=C(CN1CCN(C(=O)CCCN2C(=O)NC3(CCCC3)C2=O)CC1)NC1CC1. The zero-order valence-electron chi connectivity index (χ0n) is 17.0. The lowest BCUT2D eigenvalue weighted by Gasteiger charge is -2.34. The van der Waals surface area contributed by atoms with Gasteiger partial charge in [-0.2, -0.15) is 0 Å². The van der Waals surface area contributed by atoms with E-state index in [0.717, 1.165) is 38.5 Å². The van der Waals surface area contributed by atoms with Crippen LogP contribution in [0.2, 0.25) is 0 Å². The number of amides is 5. The maximum absolute atomic E-state index is 12.6. The normalized spacial score (nSPS) is 24.3. The highest BCUT2D eigenvalue weighted by atomic mass is 16.2. The first kappa shape index (κ1) is 20.1. The van der Waals surface area contributed by atoms with E-state index in [9.17, 15) is 19.2 Å². The van der Waals surface area contributed by atoms with Gasteiger partial charge >= 0.3 is 6.03 Å². The molecule has 2 aliphatic carbocycles. The quantitative estimate of drug-likeness (QED) is 0.583. The molecular formula is C20H31N5O4. The molecule has 4 aliphatic rings. The van der Waals surface area contributed by atoms with Crippen LogP contribution in [0.25, 0.3) is 0 Å². The number of urea groups is 1. The van der Waals surface area contributed by atoms with Crippen LogP contribution in [0.3, 0.4) is 0 Å². The van der Waals surface area contributed by atoms with Gasteiger partial charge in [0.2, 0.25) is 11.8 Å². The molecule has 2 aliphatic heterocycles. The van der Waals surface area contributed by atoms with Gasteiger partial charge in [-0.25, -0.2) is 4.79 Å². The molecule has 9 nitrogen and oxygen atoms in total. The summed E-state index contributed by atoms with van der Waals surface area (Å²) >= 11 is 0. The minimum atomic E-state index is -0.677. The predicted octanol–water partition coefficient (Wildman–Crippen LogP) is 0.0540. The van der Waals surface area contributed by atoms with Crippen LogP contribution in [0.4, 0.5) is 4.79 Å². The second-order valence-corrected chi connectivity index (χ2v) is 8.78. The average Bonchev–Trinajstić information content (AvgIpc) is 3.32. The highest BCUT2D eigenvalue weighted by molar-refractivity contribution is 6.07. The van der Waals surface area contributed by atoms with Crippen molar-refractivity contribution in [3.05, 3.63) is 0 Å². The molecule has 0 atom stereocenters. The van der Waals surface area contributed by atoms with Crippen LogP contribution >= 0.6 is 0 Å². The van der Waals surface area contributed by atoms with Crippen LogP contribution < -0.4 is 10.6 Å². The molecule has 160 valence electrons. The van der Waals surface area contributed by atoms with E-state index in [1.54, 1.807) is 0 Å². The fourth-order valence-corrected chi connectivity index (χ4v) is 4.60. The fourth-order valence-electron chi connectivity index (χ4n) is 4.60. The van der Waals surface area contributed by atoms with Gasteiger partial charge in [0, 0.05) is 45.2 Å². The van der Waals surface area contributed by atoms with E-state index < -0.39 is 5.54 Å². The van der Waals surface area contributed by atoms with Crippen molar-refractivity contribution in [3.63, 3.8) is 0 Å². The Kier molecular flexibility index (Phi) is 5.76. The lowest BCUT2D eigenvalue weighted by atomic mass is 9.98. The van der Waals surface area contributed by atoms with Gasteiger partial charge < -0.3 is 15.5 Å². The van der Waals surface area contributed by atoms with Crippen molar-refractivity contribution >= 4 is 23.8 Å². The van der Waals surface area contributed by atoms with Gasteiger partial charge in [-0.15, -0.1) is 0 Å². The second kappa shape index (κ2) is 8.30. The van der Waals surface area contributed by atoms with Gasteiger partial charge in [-0.3, -0.25) is 24.2 Å². The van der Waals surface area contributed by atoms with Gasteiger partial charge in [0.15, 0.2) is 0 Å². The van der Waals surface area contributed by atoms with Gasteiger partial charge in [-0.05, 0) is 32.1 Å². The monoisotopic (exact) mass is 405 g/mol. The molecule has 4 rings (SSSR count). The minimum Gasteiger partial charge on any atom is -0.352 e. The Labute approximate surface area is 171 Å². The Hall–Kier alpha value is -2.16. The van der Waals surface area contributed by atoms with Crippen LogP contribution in [-0.4, -0.2) is 89.3 Å². The topological polar surface area (TPSA) is 102 Å².